The first-order valence-electron chi connectivity index (χ1n) is 7.92. The second-order valence-corrected chi connectivity index (χ2v) is 7.79. The first-order chi connectivity index (χ1) is 10.9. The number of rotatable bonds is 7. The van der Waals surface area contributed by atoms with Gasteiger partial charge in [0.2, 0.25) is 15.9 Å². The monoisotopic (exact) mass is 375 g/mol. The molecule has 1 fully saturated rings. The van der Waals surface area contributed by atoms with Crippen LogP contribution in [0.5, 0.6) is 0 Å². The summed E-state index contributed by atoms with van der Waals surface area (Å²) >= 11 is 0. The molecule has 2 N–H and O–H groups in total. The molecule has 0 aromatic heterocycles. The van der Waals surface area contributed by atoms with Crippen LogP contribution in [0, 0.1) is 6.92 Å². The van der Waals surface area contributed by atoms with Crippen LogP contribution in [0.25, 0.3) is 0 Å². The van der Waals surface area contributed by atoms with Crippen molar-refractivity contribution in [2.75, 3.05) is 26.7 Å². The fourth-order valence-electron chi connectivity index (χ4n) is 2.57. The molecular weight excluding hydrogens is 350 g/mol. The fourth-order valence-corrected chi connectivity index (χ4v) is 3.59. The summed E-state index contributed by atoms with van der Waals surface area (Å²) in [5.74, 6) is 0.0407. The highest BCUT2D eigenvalue weighted by molar-refractivity contribution is 7.89. The molecule has 1 saturated heterocycles. The van der Waals surface area contributed by atoms with E-state index >= 15 is 0 Å². The van der Waals surface area contributed by atoms with E-state index in [0.717, 1.165) is 24.9 Å². The van der Waals surface area contributed by atoms with Gasteiger partial charge in [0.1, 0.15) is 0 Å². The Hall–Kier alpha value is -1.15. The normalized spacial score (nSPS) is 17.3. The molecule has 1 aromatic carbocycles. The quantitative estimate of drug-likeness (QED) is 0.752. The third kappa shape index (κ3) is 6.05. The standard InChI is InChI=1S/C16H25N3O3S.ClH/c1-13-5-7-15(8-6-13)23(21,22)18-10-11-19(2)16(20)12-14-4-3-9-17-14;/h5-8,14,17-18H,3-4,9-12H2,1-2H3;1H. The molecule has 1 amide bonds. The van der Waals surface area contributed by atoms with E-state index < -0.39 is 10.0 Å². The van der Waals surface area contributed by atoms with Gasteiger partial charge in [-0.3, -0.25) is 4.79 Å². The van der Waals surface area contributed by atoms with E-state index in [-0.39, 0.29) is 35.8 Å². The molecule has 1 atom stereocenters. The van der Waals surface area contributed by atoms with Crippen molar-refractivity contribution in [3.05, 3.63) is 29.8 Å². The summed E-state index contributed by atoms with van der Waals surface area (Å²) in [6.45, 7) is 3.44. The molecule has 0 aliphatic carbocycles. The zero-order valence-corrected chi connectivity index (χ0v) is 15.8. The number of halogens is 1. The van der Waals surface area contributed by atoms with Crippen LogP contribution in [-0.4, -0.2) is 51.9 Å². The highest BCUT2D eigenvalue weighted by atomic mass is 35.5. The van der Waals surface area contributed by atoms with Gasteiger partial charge in [0.05, 0.1) is 4.90 Å². The first kappa shape index (κ1) is 20.9. The number of nitrogens with one attached hydrogen (secondary N) is 2. The lowest BCUT2D eigenvalue weighted by Crippen LogP contribution is -2.38. The van der Waals surface area contributed by atoms with Crippen molar-refractivity contribution in [3.63, 3.8) is 0 Å². The van der Waals surface area contributed by atoms with Crippen molar-refractivity contribution in [2.45, 2.75) is 37.1 Å². The summed E-state index contributed by atoms with van der Waals surface area (Å²) in [5.41, 5.74) is 1.01. The number of sulfonamides is 1. The number of hydrogen-bond acceptors (Lipinski definition) is 4. The molecule has 1 aromatic rings. The smallest absolute Gasteiger partial charge is 0.240 e. The molecule has 0 saturated carbocycles. The SMILES string of the molecule is Cc1ccc(S(=O)(=O)NCCN(C)C(=O)CC2CCCN2)cc1.Cl. The van der Waals surface area contributed by atoms with Gasteiger partial charge in [-0.1, -0.05) is 17.7 Å². The molecule has 136 valence electrons. The number of amides is 1. The molecule has 8 heteroatoms. The molecule has 1 aliphatic heterocycles. The summed E-state index contributed by atoms with van der Waals surface area (Å²) in [4.78, 5) is 13.9. The van der Waals surface area contributed by atoms with Crippen molar-refractivity contribution in [2.24, 2.45) is 0 Å². The Kier molecular flexibility index (Phi) is 8.15. The van der Waals surface area contributed by atoms with Gasteiger partial charge >= 0.3 is 0 Å². The molecule has 24 heavy (non-hydrogen) atoms. The second-order valence-electron chi connectivity index (χ2n) is 6.02. The molecule has 2 rings (SSSR count). The van der Waals surface area contributed by atoms with Crippen molar-refractivity contribution < 1.29 is 13.2 Å². The van der Waals surface area contributed by atoms with Crippen LogP contribution in [0.15, 0.2) is 29.2 Å². The average molecular weight is 376 g/mol. The van der Waals surface area contributed by atoms with Gasteiger partial charge in [-0.2, -0.15) is 0 Å². The van der Waals surface area contributed by atoms with Gasteiger partial charge in [-0.05, 0) is 38.4 Å². The Bertz CT molecular complexity index is 628. The van der Waals surface area contributed by atoms with E-state index in [1.165, 1.54) is 0 Å². The van der Waals surface area contributed by atoms with Crippen LogP contribution >= 0.6 is 12.4 Å². The summed E-state index contributed by atoms with van der Waals surface area (Å²) in [7, 11) is -1.82. The Morgan fingerprint density at radius 3 is 2.58 bits per heavy atom. The van der Waals surface area contributed by atoms with Gasteiger partial charge in [-0.25, -0.2) is 13.1 Å². The summed E-state index contributed by atoms with van der Waals surface area (Å²) in [6, 6.07) is 6.95. The second kappa shape index (κ2) is 9.36. The maximum absolute atomic E-state index is 12.1. The van der Waals surface area contributed by atoms with E-state index in [0.29, 0.717) is 13.0 Å². The van der Waals surface area contributed by atoms with Gasteiger partial charge in [0, 0.05) is 32.6 Å². The number of nitrogens with zero attached hydrogens (tertiary/aromatic N) is 1. The first-order valence-corrected chi connectivity index (χ1v) is 9.40. The summed E-state index contributed by atoms with van der Waals surface area (Å²) in [6.07, 6.45) is 2.61. The number of benzene rings is 1. The van der Waals surface area contributed by atoms with Crippen LogP contribution in [0.1, 0.15) is 24.8 Å². The van der Waals surface area contributed by atoms with Gasteiger partial charge in [-0.15, -0.1) is 12.4 Å². The molecule has 6 nitrogen and oxygen atoms in total. The van der Waals surface area contributed by atoms with Crippen molar-refractivity contribution in [1.82, 2.24) is 14.9 Å². The van der Waals surface area contributed by atoms with E-state index in [1.807, 2.05) is 6.92 Å². The van der Waals surface area contributed by atoms with Crippen LogP contribution in [0.4, 0.5) is 0 Å². The number of hydrogen-bond donors (Lipinski definition) is 2. The van der Waals surface area contributed by atoms with Crippen molar-refractivity contribution in [3.8, 4) is 0 Å². The van der Waals surface area contributed by atoms with Crippen LogP contribution in [-0.2, 0) is 14.8 Å². The predicted molar refractivity (Wildman–Crippen MR) is 96.9 cm³/mol. The van der Waals surface area contributed by atoms with Gasteiger partial charge in [0.15, 0.2) is 0 Å². The summed E-state index contributed by atoms with van der Waals surface area (Å²) < 4.78 is 26.8. The number of aryl methyl sites for hydroxylation is 1. The number of likely N-dealkylation sites (N-methyl/N-ethyl adjacent to an activating group) is 1. The molecular formula is C16H26ClN3O3S. The van der Waals surface area contributed by atoms with Crippen LogP contribution in [0.3, 0.4) is 0 Å². The number of carbonyl (C=O) groups is 1. The molecule has 0 spiro atoms. The lowest BCUT2D eigenvalue weighted by Gasteiger charge is -2.19. The minimum Gasteiger partial charge on any atom is -0.344 e. The minimum absolute atomic E-state index is 0. The third-order valence-electron chi connectivity index (χ3n) is 4.08. The Balaban J connectivity index is 0.00000288. The van der Waals surface area contributed by atoms with Crippen LogP contribution < -0.4 is 10.0 Å². The van der Waals surface area contributed by atoms with E-state index in [2.05, 4.69) is 10.0 Å². The lowest BCUT2D eigenvalue weighted by atomic mass is 10.1. The highest BCUT2D eigenvalue weighted by Gasteiger charge is 2.20. The largest absolute Gasteiger partial charge is 0.344 e. The zero-order chi connectivity index (χ0) is 16.9. The number of carbonyl (C=O) groups excluding carboxylic acids is 1. The average Bonchev–Trinajstić information content (AvgIpc) is 3.00. The van der Waals surface area contributed by atoms with E-state index in [1.54, 1.807) is 36.2 Å². The zero-order valence-electron chi connectivity index (χ0n) is 14.1. The molecule has 1 unspecified atom stereocenters. The maximum Gasteiger partial charge on any atom is 0.240 e. The molecule has 1 heterocycles. The molecule has 0 radical (unpaired) electrons. The molecule has 1 aliphatic rings. The van der Waals surface area contributed by atoms with E-state index in [9.17, 15) is 13.2 Å². The Labute approximate surface area is 150 Å². The van der Waals surface area contributed by atoms with Gasteiger partial charge < -0.3 is 10.2 Å². The van der Waals surface area contributed by atoms with Crippen LogP contribution in [0.2, 0.25) is 0 Å². The third-order valence-corrected chi connectivity index (χ3v) is 5.56. The predicted octanol–water partition coefficient (Wildman–Crippen LogP) is 1.30. The van der Waals surface area contributed by atoms with Crippen molar-refractivity contribution in [1.29, 1.82) is 0 Å². The topological polar surface area (TPSA) is 78.5 Å². The van der Waals surface area contributed by atoms with E-state index in [4.69, 9.17) is 0 Å². The van der Waals surface area contributed by atoms with Crippen molar-refractivity contribution >= 4 is 28.3 Å². The van der Waals surface area contributed by atoms with Gasteiger partial charge in [0.25, 0.3) is 0 Å². The lowest BCUT2D eigenvalue weighted by molar-refractivity contribution is -0.130. The maximum atomic E-state index is 12.1. The minimum atomic E-state index is -3.52. The summed E-state index contributed by atoms with van der Waals surface area (Å²) in [5, 5.41) is 3.29. The fraction of sp³-hybridized carbons (Fsp3) is 0.562. The highest BCUT2D eigenvalue weighted by Crippen LogP contribution is 2.11. The Morgan fingerprint density at radius 1 is 1.33 bits per heavy atom. The Morgan fingerprint density at radius 2 is 2.00 bits per heavy atom. The molecule has 0 bridgehead atoms.